The van der Waals surface area contributed by atoms with Crippen molar-refractivity contribution in [2.24, 2.45) is 0 Å². The molecule has 0 radical (unpaired) electrons. The van der Waals surface area contributed by atoms with E-state index in [0.717, 1.165) is 0 Å². The smallest absolute Gasteiger partial charge is 0.390 e. The Morgan fingerprint density at radius 3 is 2.69 bits per heavy atom. The first-order valence-corrected chi connectivity index (χ1v) is 4.86. The second-order valence-electron chi connectivity index (χ2n) is 3.53. The van der Waals surface area contributed by atoms with Crippen molar-refractivity contribution in [3.8, 4) is 0 Å². The number of aromatic nitrogens is 2. The van der Waals surface area contributed by atoms with E-state index in [9.17, 15) is 14.9 Å². The molecule has 0 spiro atoms. The summed E-state index contributed by atoms with van der Waals surface area (Å²) < 4.78 is 1.34. The molecule has 1 aromatic rings. The number of carbonyl (C=O) groups excluding carboxylic acids is 1. The number of hydrogen-bond donors (Lipinski definition) is 0. The summed E-state index contributed by atoms with van der Waals surface area (Å²) in [7, 11) is 3.22. The first-order valence-electron chi connectivity index (χ1n) is 4.86. The van der Waals surface area contributed by atoms with Crippen molar-refractivity contribution in [1.82, 2.24) is 14.5 Å². The molecule has 0 aliphatic rings. The Hall–Kier alpha value is -1.92. The number of nitrogens with zero attached hydrogens (tertiary/aromatic N) is 4. The summed E-state index contributed by atoms with van der Waals surface area (Å²) in [4.78, 5) is 26.7. The van der Waals surface area contributed by atoms with Gasteiger partial charge in [-0.1, -0.05) is 11.9 Å². The van der Waals surface area contributed by atoms with Gasteiger partial charge in [0.25, 0.3) is 5.91 Å². The Morgan fingerprint density at radius 2 is 2.25 bits per heavy atom. The van der Waals surface area contributed by atoms with Crippen molar-refractivity contribution in [2.45, 2.75) is 19.9 Å². The number of carbonyl (C=O) groups is 1. The summed E-state index contributed by atoms with van der Waals surface area (Å²) in [5, 5.41) is 10.7. The molecule has 1 amide bonds. The Labute approximate surface area is 92.8 Å². The predicted octanol–water partition coefficient (Wildman–Crippen LogP) is 0.442. The summed E-state index contributed by atoms with van der Waals surface area (Å²) in [5.74, 6) is -0.483. The molecule has 0 saturated heterocycles. The minimum absolute atomic E-state index is 0.0491. The second kappa shape index (κ2) is 4.73. The van der Waals surface area contributed by atoms with E-state index in [1.54, 1.807) is 14.1 Å². The molecule has 0 unspecified atom stereocenters. The zero-order chi connectivity index (χ0) is 12.3. The van der Waals surface area contributed by atoms with Crippen molar-refractivity contribution in [1.29, 1.82) is 0 Å². The van der Waals surface area contributed by atoms with Gasteiger partial charge in [-0.3, -0.25) is 4.79 Å². The number of hydrogen-bond acceptors (Lipinski definition) is 4. The van der Waals surface area contributed by atoms with Crippen LogP contribution in [0.5, 0.6) is 0 Å². The molecule has 16 heavy (non-hydrogen) atoms. The number of aryl methyl sites for hydroxylation is 1. The second-order valence-corrected chi connectivity index (χ2v) is 3.53. The van der Waals surface area contributed by atoms with Crippen LogP contribution >= 0.6 is 0 Å². The molecule has 88 valence electrons. The largest absolute Gasteiger partial charge is 0.435 e. The van der Waals surface area contributed by atoms with Crippen molar-refractivity contribution < 1.29 is 9.72 Å². The van der Waals surface area contributed by atoms with E-state index in [1.807, 2.05) is 6.92 Å². The molecule has 1 heterocycles. The summed E-state index contributed by atoms with van der Waals surface area (Å²) in [5.41, 5.74) is 0.682. The van der Waals surface area contributed by atoms with Crippen molar-refractivity contribution in [3.63, 3.8) is 0 Å². The average molecular weight is 226 g/mol. The van der Waals surface area contributed by atoms with E-state index in [1.165, 1.54) is 15.7 Å². The minimum atomic E-state index is -0.581. The van der Waals surface area contributed by atoms with Gasteiger partial charge in [0, 0.05) is 20.5 Å². The zero-order valence-electron chi connectivity index (χ0n) is 9.51. The third kappa shape index (κ3) is 2.36. The molecule has 0 atom stereocenters. The lowest BCUT2D eigenvalue weighted by atomic mass is 10.3. The Bertz CT molecular complexity index is 411. The molecular weight excluding hydrogens is 212 g/mol. The van der Waals surface area contributed by atoms with E-state index >= 15 is 0 Å². The summed E-state index contributed by atoms with van der Waals surface area (Å²) >= 11 is 0. The summed E-state index contributed by atoms with van der Waals surface area (Å²) in [6, 6.07) is 0. The molecule has 0 aliphatic heterocycles. The van der Waals surface area contributed by atoms with Gasteiger partial charge in [0.2, 0.25) is 0 Å². The summed E-state index contributed by atoms with van der Waals surface area (Å²) in [6.45, 7) is 1.81. The lowest BCUT2D eigenvalue weighted by molar-refractivity contribution is -0.396. The highest BCUT2D eigenvalue weighted by atomic mass is 16.6. The third-order valence-electron chi connectivity index (χ3n) is 2.23. The monoisotopic (exact) mass is 226 g/mol. The third-order valence-corrected chi connectivity index (χ3v) is 2.23. The van der Waals surface area contributed by atoms with Crippen LogP contribution in [0.15, 0.2) is 6.20 Å². The SMILES string of the molecule is CCc1cnc([N+](=O)[O-])n1CC(=O)N(C)C. The van der Waals surface area contributed by atoms with Crippen LogP contribution < -0.4 is 0 Å². The van der Waals surface area contributed by atoms with Crippen LogP contribution in [0.2, 0.25) is 0 Å². The van der Waals surface area contributed by atoms with Gasteiger partial charge in [-0.25, -0.2) is 4.57 Å². The molecule has 1 aromatic heterocycles. The Morgan fingerprint density at radius 1 is 1.62 bits per heavy atom. The van der Waals surface area contributed by atoms with E-state index in [0.29, 0.717) is 12.1 Å². The number of amides is 1. The van der Waals surface area contributed by atoms with Crippen LogP contribution in [0.4, 0.5) is 5.95 Å². The fourth-order valence-corrected chi connectivity index (χ4v) is 1.28. The zero-order valence-corrected chi connectivity index (χ0v) is 9.51. The maximum absolute atomic E-state index is 11.5. The highest BCUT2D eigenvalue weighted by Gasteiger charge is 2.22. The first-order chi connectivity index (χ1) is 7.47. The molecule has 1 rings (SSSR count). The molecule has 0 bridgehead atoms. The van der Waals surface area contributed by atoms with Gasteiger partial charge in [-0.05, 0) is 4.92 Å². The van der Waals surface area contributed by atoms with E-state index in [4.69, 9.17) is 0 Å². The maximum atomic E-state index is 11.5. The van der Waals surface area contributed by atoms with Crippen molar-refractivity contribution >= 4 is 11.9 Å². The quantitative estimate of drug-likeness (QED) is 0.551. The van der Waals surface area contributed by atoms with Gasteiger partial charge >= 0.3 is 5.95 Å². The molecule has 0 aromatic carbocycles. The predicted molar refractivity (Wildman–Crippen MR) is 57.0 cm³/mol. The molecule has 0 N–H and O–H groups in total. The fraction of sp³-hybridized carbons (Fsp3) is 0.556. The normalized spacial score (nSPS) is 10.2. The highest BCUT2D eigenvalue weighted by Crippen LogP contribution is 2.13. The fourth-order valence-electron chi connectivity index (χ4n) is 1.28. The van der Waals surface area contributed by atoms with Crippen LogP contribution in [0.3, 0.4) is 0 Å². The van der Waals surface area contributed by atoms with Crippen LogP contribution in [0, 0.1) is 10.1 Å². The van der Waals surface area contributed by atoms with Gasteiger partial charge in [-0.15, -0.1) is 0 Å². The number of imidazole rings is 1. The van der Waals surface area contributed by atoms with Crippen LogP contribution in [-0.2, 0) is 17.8 Å². The lowest BCUT2D eigenvalue weighted by Crippen LogP contribution is -2.27. The molecule has 0 saturated carbocycles. The Kier molecular flexibility index (Phi) is 3.60. The molecular formula is C9H14N4O3. The topological polar surface area (TPSA) is 81.3 Å². The van der Waals surface area contributed by atoms with Crippen LogP contribution in [-0.4, -0.2) is 39.4 Å². The van der Waals surface area contributed by atoms with E-state index < -0.39 is 4.92 Å². The minimum Gasteiger partial charge on any atom is -0.390 e. The van der Waals surface area contributed by atoms with Crippen LogP contribution in [0.1, 0.15) is 12.6 Å². The average Bonchev–Trinajstić information content (AvgIpc) is 2.60. The number of rotatable bonds is 4. The lowest BCUT2D eigenvalue weighted by Gasteiger charge is -2.10. The van der Waals surface area contributed by atoms with E-state index in [-0.39, 0.29) is 18.4 Å². The van der Waals surface area contributed by atoms with Gasteiger partial charge in [0.05, 0.1) is 0 Å². The molecule has 7 nitrogen and oxygen atoms in total. The summed E-state index contributed by atoms with van der Waals surface area (Å²) in [6.07, 6.45) is 2.03. The molecule has 0 fully saturated rings. The van der Waals surface area contributed by atoms with Gasteiger partial charge < -0.3 is 15.0 Å². The van der Waals surface area contributed by atoms with Crippen molar-refractivity contribution in [3.05, 3.63) is 22.0 Å². The standard InChI is InChI=1S/C9H14N4O3/c1-4-7-5-10-9(13(15)16)12(7)6-8(14)11(2)3/h5H,4,6H2,1-3H3. The Balaban J connectivity index is 3.04. The van der Waals surface area contributed by atoms with Gasteiger partial charge in [-0.2, -0.15) is 0 Å². The van der Waals surface area contributed by atoms with Crippen molar-refractivity contribution in [2.75, 3.05) is 14.1 Å². The first kappa shape index (κ1) is 12.2. The van der Waals surface area contributed by atoms with Gasteiger partial charge in [0.1, 0.15) is 11.9 Å². The molecule has 0 aliphatic carbocycles. The van der Waals surface area contributed by atoms with E-state index in [2.05, 4.69) is 4.98 Å². The molecule has 7 heteroatoms. The maximum Gasteiger partial charge on any atom is 0.435 e. The number of likely N-dealkylation sites (N-methyl/N-ethyl adjacent to an activating group) is 1. The number of nitro groups is 1. The van der Waals surface area contributed by atoms with Crippen LogP contribution in [0.25, 0.3) is 0 Å². The highest BCUT2D eigenvalue weighted by molar-refractivity contribution is 5.75. The van der Waals surface area contributed by atoms with Gasteiger partial charge in [0.15, 0.2) is 6.54 Å².